The largest absolute Gasteiger partial charge is 0.490 e. The first-order valence-corrected chi connectivity index (χ1v) is 6.98. The summed E-state index contributed by atoms with van der Waals surface area (Å²) in [4.78, 5) is 17.9. The van der Waals surface area contributed by atoms with Crippen molar-refractivity contribution in [3.8, 4) is 5.75 Å². The second-order valence-corrected chi connectivity index (χ2v) is 5.97. The fourth-order valence-electron chi connectivity index (χ4n) is 2.19. The summed E-state index contributed by atoms with van der Waals surface area (Å²) in [7, 11) is 0. The molecule has 0 saturated carbocycles. The van der Waals surface area contributed by atoms with Crippen molar-refractivity contribution in [3.63, 3.8) is 0 Å². The topological polar surface area (TPSA) is 51.7 Å². The molecule has 0 bridgehead atoms. The van der Waals surface area contributed by atoms with Gasteiger partial charge < -0.3 is 14.4 Å². The Morgan fingerprint density at radius 3 is 2.95 bits per heavy atom. The third kappa shape index (κ3) is 4.11. The van der Waals surface area contributed by atoms with Crippen LogP contribution in [0.5, 0.6) is 5.75 Å². The number of carbonyl (C=O) groups excluding carboxylic acids is 1. The van der Waals surface area contributed by atoms with E-state index in [1.807, 2.05) is 32.9 Å². The fourth-order valence-corrected chi connectivity index (χ4v) is 2.19. The number of hydrogen-bond acceptors (Lipinski definition) is 4. The molecule has 0 N–H and O–H groups in total. The van der Waals surface area contributed by atoms with Gasteiger partial charge in [0.1, 0.15) is 18.0 Å². The molecule has 1 fully saturated rings. The average Bonchev–Trinajstić information content (AvgIpc) is 2.84. The Kier molecular flexibility index (Phi) is 4.47. The number of ether oxygens (including phenoxy) is 2. The maximum Gasteiger partial charge on any atom is 0.410 e. The van der Waals surface area contributed by atoms with E-state index in [1.165, 1.54) is 0 Å². The lowest BCUT2D eigenvalue weighted by atomic mass is 10.2. The molecule has 2 rings (SSSR count). The van der Waals surface area contributed by atoms with E-state index in [2.05, 4.69) is 4.98 Å². The van der Waals surface area contributed by atoms with Crippen molar-refractivity contribution in [3.05, 3.63) is 24.5 Å². The van der Waals surface area contributed by atoms with E-state index in [0.29, 0.717) is 6.61 Å². The Labute approximate surface area is 119 Å². The van der Waals surface area contributed by atoms with Gasteiger partial charge in [-0.2, -0.15) is 0 Å². The Bertz CT molecular complexity index is 442. The van der Waals surface area contributed by atoms with Crippen molar-refractivity contribution in [2.24, 2.45) is 0 Å². The van der Waals surface area contributed by atoms with E-state index in [-0.39, 0.29) is 12.1 Å². The first-order chi connectivity index (χ1) is 9.46. The average molecular weight is 278 g/mol. The Balaban J connectivity index is 1.89. The van der Waals surface area contributed by atoms with Crippen LogP contribution in [0.2, 0.25) is 0 Å². The van der Waals surface area contributed by atoms with Gasteiger partial charge in [0.2, 0.25) is 0 Å². The van der Waals surface area contributed by atoms with Crippen LogP contribution < -0.4 is 4.74 Å². The van der Waals surface area contributed by atoms with Gasteiger partial charge in [-0.05, 0) is 45.7 Å². The van der Waals surface area contributed by atoms with Crippen LogP contribution in [-0.2, 0) is 4.74 Å². The van der Waals surface area contributed by atoms with Gasteiger partial charge >= 0.3 is 6.09 Å². The first-order valence-electron chi connectivity index (χ1n) is 6.98. The molecule has 110 valence electrons. The van der Waals surface area contributed by atoms with Crippen LogP contribution in [0.1, 0.15) is 33.6 Å². The van der Waals surface area contributed by atoms with Crippen molar-refractivity contribution in [2.45, 2.75) is 45.3 Å². The van der Waals surface area contributed by atoms with Gasteiger partial charge in [-0.25, -0.2) is 4.79 Å². The predicted molar refractivity (Wildman–Crippen MR) is 75.7 cm³/mol. The van der Waals surface area contributed by atoms with Gasteiger partial charge in [0, 0.05) is 12.7 Å². The smallest absolute Gasteiger partial charge is 0.410 e. The molecule has 1 aliphatic rings. The second-order valence-electron chi connectivity index (χ2n) is 5.97. The van der Waals surface area contributed by atoms with E-state index in [9.17, 15) is 4.79 Å². The van der Waals surface area contributed by atoms with E-state index in [1.54, 1.807) is 17.3 Å². The summed E-state index contributed by atoms with van der Waals surface area (Å²) >= 11 is 0. The van der Waals surface area contributed by atoms with E-state index < -0.39 is 5.60 Å². The molecule has 2 heterocycles. The Morgan fingerprint density at radius 1 is 1.50 bits per heavy atom. The molecule has 1 amide bonds. The van der Waals surface area contributed by atoms with Crippen molar-refractivity contribution in [1.29, 1.82) is 0 Å². The minimum absolute atomic E-state index is 0.0741. The van der Waals surface area contributed by atoms with Crippen molar-refractivity contribution in [2.75, 3.05) is 13.2 Å². The molecule has 0 aliphatic carbocycles. The molecule has 0 spiro atoms. The number of aromatic nitrogens is 1. The highest BCUT2D eigenvalue weighted by atomic mass is 16.6. The van der Waals surface area contributed by atoms with Gasteiger partial charge in [-0.3, -0.25) is 4.98 Å². The zero-order valence-corrected chi connectivity index (χ0v) is 12.3. The van der Waals surface area contributed by atoms with Crippen molar-refractivity contribution < 1.29 is 14.3 Å². The minimum Gasteiger partial charge on any atom is -0.490 e. The summed E-state index contributed by atoms with van der Waals surface area (Å²) in [5.74, 6) is 0.725. The van der Waals surface area contributed by atoms with Crippen molar-refractivity contribution in [1.82, 2.24) is 9.88 Å². The molecular weight excluding hydrogens is 256 g/mol. The lowest BCUT2D eigenvalue weighted by Crippen LogP contribution is -2.42. The first kappa shape index (κ1) is 14.6. The second kappa shape index (κ2) is 6.11. The summed E-state index contributed by atoms with van der Waals surface area (Å²) in [5.41, 5.74) is -0.464. The molecule has 1 aromatic rings. The lowest BCUT2D eigenvalue weighted by molar-refractivity contribution is 0.0187. The van der Waals surface area contributed by atoms with Gasteiger partial charge in [-0.1, -0.05) is 0 Å². The summed E-state index contributed by atoms with van der Waals surface area (Å²) in [6.45, 7) is 6.84. The third-order valence-electron chi connectivity index (χ3n) is 3.08. The number of carbonyl (C=O) groups is 1. The predicted octanol–water partition coefficient (Wildman–Crippen LogP) is 2.86. The SMILES string of the molecule is CC(C)(C)OC(=O)N1CCC[C@@H]1COc1cccnc1. The third-order valence-corrected chi connectivity index (χ3v) is 3.08. The molecule has 0 aromatic carbocycles. The maximum atomic E-state index is 12.1. The van der Waals surface area contributed by atoms with E-state index in [0.717, 1.165) is 25.1 Å². The van der Waals surface area contributed by atoms with Crippen LogP contribution in [0.25, 0.3) is 0 Å². The highest BCUT2D eigenvalue weighted by molar-refractivity contribution is 5.69. The summed E-state index contributed by atoms with van der Waals surface area (Å²) in [6.07, 6.45) is 5.05. The summed E-state index contributed by atoms with van der Waals surface area (Å²) in [5, 5.41) is 0. The molecule has 1 atom stereocenters. The maximum absolute atomic E-state index is 12.1. The highest BCUT2D eigenvalue weighted by Crippen LogP contribution is 2.21. The van der Waals surface area contributed by atoms with Gasteiger partial charge in [0.05, 0.1) is 12.2 Å². The van der Waals surface area contributed by atoms with Crippen LogP contribution in [0.3, 0.4) is 0 Å². The van der Waals surface area contributed by atoms with E-state index >= 15 is 0 Å². The number of rotatable bonds is 3. The van der Waals surface area contributed by atoms with Gasteiger partial charge in [-0.15, -0.1) is 0 Å². The number of hydrogen-bond donors (Lipinski definition) is 0. The molecule has 20 heavy (non-hydrogen) atoms. The molecule has 1 saturated heterocycles. The van der Waals surface area contributed by atoms with Crippen molar-refractivity contribution >= 4 is 6.09 Å². The molecule has 1 aromatic heterocycles. The number of amides is 1. The zero-order chi connectivity index (χ0) is 14.6. The number of likely N-dealkylation sites (tertiary alicyclic amines) is 1. The van der Waals surface area contributed by atoms with Crippen LogP contribution >= 0.6 is 0 Å². The van der Waals surface area contributed by atoms with Gasteiger partial charge in [0.25, 0.3) is 0 Å². The summed E-state index contributed by atoms with van der Waals surface area (Å²) in [6, 6.07) is 3.76. The lowest BCUT2D eigenvalue weighted by Gasteiger charge is -2.28. The highest BCUT2D eigenvalue weighted by Gasteiger charge is 2.32. The van der Waals surface area contributed by atoms with Gasteiger partial charge in [0.15, 0.2) is 0 Å². The van der Waals surface area contributed by atoms with Crippen LogP contribution in [0.15, 0.2) is 24.5 Å². The number of pyridine rings is 1. The minimum atomic E-state index is -0.464. The number of nitrogens with zero attached hydrogens (tertiary/aromatic N) is 2. The molecule has 5 heteroatoms. The Morgan fingerprint density at radius 2 is 2.30 bits per heavy atom. The fraction of sp³-hybridized carbons (Fsp3) is 0.600. The van der Waals surface area contributed by atoms with Crippen LogP contribution in [-0.4, -0.2) is 40.8 Å². The Hall–Kier alpha value is -1.78. The molecule has 0 unspecified atom stereocenters. The van der Waals surface area contributed by atoms with E-state index in [4.69, 9.17) is 9.47 Å². The summed E-state index contributed by atoms with van der Waals surface area (Å²) < 4.78 is 11.1. The normalized spacial score (nSPS) is 18.9. The quantitative estimate of drug-likeness (QED) is 0.853. The zero-order valence-electron chi connectivity index (χ0n) is 12.3. The molecule has 0 radical (unpaired) electrons. The van der Waals surface area contributed by atoms with Crippen LogP contribution in [0, 0.1) is 0 Å². The molecule has 5 nitrogen and oxygen atoms in total. The molecule has 1 aliphatic heterocycles. The monoisotopic (exact) mass is 278 g/mol. The standard InChI is InChI=1S/C15H22N2O3/c1-15(2,3)20-14(18)17-9-5-6-12(17)11-19-13-7-4-8-16-10-13/h4,7-8,10,12H,5-6,9,11H2,1-3H3/t12-/m1/s1. The van der Waals surface area contributed by atoms with Crippen LogP contribution in [0.4, 0.5) is 4.79 Å². The molecular formula is C15H22N2O3.